The molecule has 2 N–H and O–H groups in total. The van der Waals surface area contributed by atoms with Crippen LogP contribution in [0.5, 0.6) is 11.5 Å². The van der Waals surface area contributed by atoms with Crippen LogP contribution in [0.1, 0.15) is 43.5 Å². The third-order valence-corrected chi connectivity index (χ3v) is 4.73. The normalized spacial score (nSPS) is 15.3. The van der Waals surface area contributed by atoms with Crippen LogP contribution in [-0.4, -0.2) is 40.0 Å². The minimum Gasteiger partial charge on any atom is -0.494 e. The van der Waals surface area contributed by atoms with E-state index in [0.29, 0.717) is 19.7 Å². The molecule has 29 heavy (non-hydrogen) atoms. The topological polar surface area (TPSA) is 85.6 Å². The Labute approximate surface area is 189 Å². The molecule has 0 saturated heterocycles. The standard InChI is InChI=1S/C20H30N6O2.HI/c1-6-21-20(23-12-19-25-24-14(4)26(19)5)22-11-16-10-18-15(8-13(3)28-18)9-17(16)27-7-2;/h9-10,13H,6-8,11-12H2,1-5H3,(H2,21,22,23);1H. The Morgan fingerprint density at radius 1 is 1.31 bits per heavy atom. The number of rotatable bonds is 7. The van der Waals surface area contributed by atoms with Crippen LogP contribution in [0, 0.1) is 6.92 Å². The summed E-state index contributed by atoms with van der Waals surface area (Å²) in [7, 11) is 1.95. The summed E-state index contributed by atoms with van der Waals surface area (Å²) in [5.74, 6) is 4.28. The molecule has 1 unspecified atom stereocenters. The van der Waals surface area contributed by atoms with Gasteiger partial charge in [0, 0.05) is 31.1 Å². The van der Waals surface area contributed by atoms with Gasteiger partial charge in [-0.05, 0) is 39.8 Å². The van der Waals surface area contributed by atoms with Gasteiger partial charge in [0.15, 0.2) is 11.8 Å². The molecule has 0 bridgehead atoms. The molecule has 9 heteroatoms. The number of nitrogens with one attached hydrogen (secondary N) is 2. The summed E-state index contributed by atoms with van der Waals surface area (Å²) in [6, 6.07) is 4.15. The van der Waals surface area contributed by atoms with Crippen molar-refractivity contribution in [2.75, 3.05) is 13.2 Å². The maximum atomic E-state index is 5.90. The number of hydrogen-bond donors (Lipinski definition) is 2. The second kappa shape index (κ2) is 10.7. The first kappa shape index (κ1) is 23.2. The van der Waals surface area contributed by atoms with E-state index in [1.165, 1.54) is 5.56 Å². The smallest absolute Gasteiger partial charge is 0.191 e. The molecule has 1 atom stereocenters. The van der Waals surface area contributed by atoms with Gasteiger partial charge in [-0.2, -0.15) is 0 Å². The summed E-state index contributed by atoms with van der Waals surface area (Å²) >= 11 is 0. The first-order valence-electron chi connectivity index (χ1n) is 9.84. The molecular formula is C20H31IN6O2. The highest BCUT2D eigenvalue weighted by Gasteiger charge is 2.21. The Morgan fingerprint density at radius 3 is 2.76 bits per heavy atom. The summed E-state index contributed by atoms with van der Waals surface area (Å²) < 4.78 is 13.7. The summed E-state index contributed by atoms with van der Waals surface area (Å²) in [6.45, 7) is 10.5. The number of ether oxygens (including phenoxy) is 2. The molecule has 160 valence electrons. The highest BCUT2D eigenvalue weighted by Crippen LogP contribution is 2.35. The van der Waals surface area contributed by atoms with Gasteiger partial charge in [-0.15, -0.1) is 34.2 Å². The van der Waals surface area contributed by atoms with Crippen molar-refractivity contribution >= 4 is 29.9 Å². The van der Waals surface area contributed by atoms with E-state index in [-0.39, 0.29) is 30.1 Å². The molecule has 0 saturated carbocycles. The molecule has 1 aliphatic heterocycles. The van der Waals surface area contributed by atoms with E-state index < -0.39 is 0 Å². The van der Waals surface area contributed by atoms with Crippen LogP contribution in [0.2, 0.25) is 0 Å². The van der Waals surface area contributed by atoms with E-state index in [1.807, 2.05) is 32.4 Å². The second-order valence-electron chi connectivity index (χ2n) is 6.90. The molecule has 8 nitrogen and oxygen atoms in total. The van der Waals surface area contributed by atoms with Gasteiger partial charge in [-0.3, -0.25) is 0 Å². The fourth-order valence-corrected chi connectivity index (χ4v) is 3.17. The van der Waals surface area contributed by atoms with Crippen molar-refractivity contribution < 1.29 is 9.47 Å². The SMILES string of the molecule is CCNC(=NCc1cc2c(cc1OCC)CC(C)O2)NCc1nnc(C)n1C.I. The van der Waals surface area contributed by atoms with E-state index in [4.69, 9.17) is 14.5 Å². The van der Waals surface area contributed by atoms with E-state index >= 15 is 0 Å². The predicted molar refractivity (Wildman–Crippen MR) is 124 cm³/mol. The molecule has 1 aliphatic rings. The summed E-state index contributed by atoms with van der Waals surface area (Å²) in [5, 5.41) is 14.9. The quantitative estimate of drug-likeness (QED) is 0.336. The number of halogens is 1. The number of guanidine groups is 1. The number of aromatic nitrogens is 3. The maximum absolute atomic E-state index is 5.90. The minimum absolute atomic E-state index is 0. The Kier molecular flexibility index (Phi) is 8.54. The molecule has 0 spiro atoms. The molecule has 1 aromatic heterocycles. The number of hydrogen-bond acceptors (Lipinski definition) is 5. The van der Waals surface area contributed by atoms with Gasteiger partial charge in [-0.1, -0.05) is 0 Å². The molecule has 0 aliphatic carbocycles. The van der Waals surface area contributed by atoms with Gasteiger partial charge in [-0.25, -0.2) is 4.99 Å². The number of aryl methyl sites for hydroxylation is 1. The number of nitrogens with zero attached hydrogens (tertiary/aromatic N) is 4. The van der Waals surface area contributed by atoms with Crippen LogP contribution >= 0.6 is 24.0 Å². The summed E-state index contributed by atoms with van der Waals surface area (Å²) in [6.07, 6.45) is 1.12. The Balaban J connectivity index is 0.00000300. The lowest BCUT2D eigenvalue weighted by molar-refractivity contribution is 0.254. The molecule has 2 heterocycles. The van der Waals surface area contributed by atoms with Crippen LogP contribution in [0.4, 0.5) is 0 Å². The fourth-order valence-electron chi connectivity index (χ4n) is 3.17. The van der Waals surface area contributed by atoms with Gasteiger partial charge >= 0.3 is 0 Å². The second-order valence-corrected chi connectivity index (χ2v) is 6.90. The van der Waals surface area contributed by atoms with Crippen LogP contribution < -0.4 is 20.1 Å². The highest BCUT2D eigenvalue weighted by atomic mass is 127. The monoisotopic (exact) mass is 514 g/mol. The van der Waals surface area contributed by atoms with E-state index in [9.17, 15) is 0 Å². The molecule has 2 aromatic rings. The molecule has 0 amide bonds. The largest absolute Gasteiger partial charge is 0.494 e. The van der Waals surface area contributed by atoms with E-state index in [1.54, 1.807) is 0 Å². The Hall–Kier alpha value is -2.04. The van der Waals surface area contributed by atoms with Gasteiger partial charge in [0.2, 0.25) is 0 Å². The molecule has 3 rings (SSSR count). The van der Waals surface area contributed by atoms with Crippen LogP contribution in [0.15, 0.2) is 17.1 Å². The average molecular weight is 514 g/mol. The molecular weight excluding hydrogens is 483 g/mol. The van der Waals surface area contributed by atoms with Gasteiger partial charge in [0.1, 0.15) is 23.4 Å². The fraction of sp³-hybridized carbons (Fsp3) is 0.550. The van der Waals surface area contributed by atoms with Crippen molar-refractivity contribution in [1.29, 1.82) is 0 Å². The van der Waals surface area contributed by atoms with Crippen molar-refractivity contribution in [3.8, 4) is 11.5 Å². The minimum atomic E-state index is 0. The molecule has 1 aromatic carbocycles. The lowest BCUT2D eigenvalue weighted by atomic mass is 10.1. The van der Waals surface area contributed by atoms with Crippen molar-refractivity contribution in [2.24, 2.45) is 12.0 Å². The summed E-state index contributed by atoms with van der Waals surface area (Å²) in [5.41, 5.74) is 2.22. The van der Waals surface area contributed by atoms with Crippen LogP contribution in [0.3, 0.4) is 0 Å². The zero-order valence-electron chi connectivity index (χ0n) is 17.8. The van der Waals surface area contributed by atoms with Gasteiger partial charge in [0.05, 0.1) is 19.7 Å². The van der Waals surface area contributed by atoms with Crippen LogP contribution in [-0.2, 0) is 26.6 Å². The molecule has 0 fully saturated rings. The first-order valence-corrected chi connectivity index (χ1v) is 9.84. The van der Waals surface area contributed by atoms with Crippen molar-refractivity contribution in [1.82, 2.24) is 25.4 Å². The lowest BCUT2D eigenvalue weighted by Gasteiger charge is -2.13. The highest BCUT2D eigenvalue weighted by molar-refractivity contribution is 14.0. The van der Waals surface area contributed by atoms with E-state index in [2.05, 4.69) is 39.9 Å². The van der Waals surface area contributed by atoms with Crippen LogP contribution in [0.25, 0.3) is 0 Å². The van der Waals surface area contributed by atoms with Crippen molar-refractivity contribution in [3.05, 3.63) is 34.9 Å². The number of benzene rings is 1. The van der Waals surface area contributed by atoms with Gasteiger partial charge < -0.3 is 24.7 Å². The first-order chi connectivity index (χ1) is 13.5. The lowest BCUT2D eigenvalue weighted by Crippen LogP contribution is -2.37. The van der Waals surface area contributed by atoms with Crippen molar-refractivity contribution in [2.45, 2.75) is 53.3 Å². The average Bonchev–Trinajstić information content (AvgIpc) is 3.19. The summed E-state index contributed by atoms with van der Waals surface area (Å²) in [4.78, 5) is 4.72. The number of fused-ring (bicyclic) bond motifs is 1. The van der Waals surface area contributed by atoms with E-state index in [0.717, 1.165) is 47.6 Å². The third kappa shape index (κ3) is 5.74. The van der Waals surface area contributed by atoms with Gasteiger partial charge in [0.25, 0.3) is 0 Å². The Bertz CT molecular complexity index is 852. The van der Waals surface area contributed by atoms with Crippen molar-refractivity contribution in [3.63, 3.8) is 0 Å². The third-order valence-electron chi connectivity index (χ3n) is 4.73. The molecule has 0 radical (unpaired) electrons. The maximum Gasteiger partial charge on any atom is 0.191 e. The predicted octanol–water partition coefficient (Wildman–Crippen LogP) is 2.72. The zero-order chi connectivity index (χ0) is 20.1. The Morgan fingerprint density at radius 2 is 2.10 bits per heavy atom. The number of aliphatic imine (C=N–C) groups is 1. The zero-order valence-corrected chi connectivity index (χ0v) is 20.1.